The van der Waals surface area contributed by atoms with Crippen LogP contribution < -0.4 is 0 Å². The van der Waals surface area contributed by atoms with Crippen LogP contribution in [0.4, 0.5) is 0 Å². The smallest absolute Gasteiger partial charge is 0.324 e. The van der Waals surface area contributed by atoms with E-state index in [1.807, 2.05) is 13.8 Å². The van der Waals surface area contributed by atoms with E-state index in [9.17, 15) is 5.11 Å². The fraction of sp³-hybridized carbons (Fsp3) is 1.00. The van der Waals surface area contributed by atoms with Crippen molar-refractivity contribution in [1.82, 2.24) is 0 Å². The average Bonchev–Trinajstić information content (AvgIpc) is 2.47. The molecule has 13 heteroatoms. The molecule has 0 aromatic heterocycles. The summed E-state index contributed by atoms with van der Waals surface area (Å²) in [5.74, 6) is 0. The lowest BCUT2D eigenvalue weighted by Crippen LogP contribution is -2.59. The molecule has 0 radical (unpaired) electrons. The van der Waals surface area contributed by atoms with Crippen molar-refractivity contribution in [2.75, 3.05) is 40.0 Å². The number of rotatable bonds is 2. The molecule has 0 aromatic rings. The van der Waals surface area contributed by atoms with Crippen LogP contribution in [0.1, 0.15) is 13.8 Å². The Labute approximate surface area is 142 Å². The molecule has 2 aliphatic heterocycles. The van der Waals surface area contributed by atoms with Gasteiger partial charge in [0, 0.05) is 5.41 Å². The van der Waals surface area contributed by atoms with Gasteiger partial charge in [-0.15, -0.1) is 0 Å². The monoisotopic (exact) mass is 396 g/mol. The molecule has 2 fully saturated rings. The van der Waals surface area contributed by atoms with Gasteiger partial charge in [0.25, 0.3) is 0 Å². The van der Waals surface area contributed by atoms with Crippen molar-refractivity contribution in [3.8, 4) is 0 Å². The van der Waals surface area contributed by atoms with Crippen molar-refractivity contribution in [2.24, 2.45) is 10.8 Å². The Hall–Kier alpha value is 0.420. The third-order valence-corrected chi connectivity index (χ3v) is 3.33. The SMILES string of the molecule is CC(C)(CO)C1OCOCC12COCOC2.OP(O)O.OP(O)O. The van der Waals surface area contributed by atoms with Crippen molar-refractivity contribution in [3.05, 3.63) is 0 Å². The maximum absolute atomic E-state index is 9.46. The van der Waals surface area contributed by atoms with Gasteiger partial charge in [-0.05, 0) is 0 Å². The van der Waals surface area contributed by atoms with Gasteiger partial charge in [-0.25, -0.2) is 0 Å². The first-order valence-corrected chi connectivity index (χ1v) is 9.16. The van der Waals surface area contributed by atoms with Crippen LogP contribution in [0.25, 0.3) is 0 Å². The summed E-state index contributed by atoms with van der Waals surface area (Å²) >= 11 is 0. The summed E-state index contributed by atoms with van der Waals surface area (Å²) < 4.78 is 21.8. The molecule has 2 rings (SSSR count). The molecule has 2 aliphatic rings. The molecule has 24 heavy (non-hydrogen) atoms. The van der Waals surface area contributed by atoms with E-state index in [0.717, 1.165) is 0 Å². The Morgan fingerprint density at radius 2 is 1.25 bits per heavy atom. The third kappa shape index (κ3) is 9.21. The van der Waals surface area contributed by atoms with Gasteiger partial charge in [0.2, 0.25) is 0 Å². The minimum absolute atomic E-state index is 0.0689. The van der Waals surface area contributed by atoms with E-state index in [1.54, 1.807) is 0 Å². The Kier molecular flexibility index (Phi) is 12.1. The highest BCUT2D eigenvalue weighted by atomic mass is 31.2. The molecule has 146 valence electrons. The summed E-state index contributed by atoms with van der Waals surface area (Å²) in [7, 11) is -5.24. The number of hydrogen-bond donors (Lipinski definition) is 7. The lowest BCUT2D eigenvalue weighted by molar-refractivity contribution is -0.299. The summed E-state index contributed by atoms with van der Waals surface area (Å²) in [5, 5.41) is 9.46. The second kappa shape index (κ2) is 11.9. The zero-order chi connectivity index (χ0) is 18.8. The number of ether oxygens (including phenoxy) is 4. The van der Waals surface area contributed by atoms with Gasteiger partial charge in [-0.2, -0.15) is 0 Å². The summed E-state index contributed by atoms with van der Waals surface area (Å²) in [6.45, 7) is 6.31. The van der Waals surface area contributed by atoms with Gasteiger partial charge in [0.1, 0.15) is 13.6 Å². The van der Waals surface area contributed by atoms with Crippen molar-refractivity contribution < 1.29 is 53.4 Å². The lowest BCUT2D eigenvalue weighted by Gasteiger charge is -2.50. The molecular formula is C11H26O11P2. The second-order valence-corrected chi connectivity index (χ2v) is 6.95. The van der Waals surface area contributed by atoms with Crippen LogP contribution in [0.15, 0.2) is 0 Å². The Morgan fingerprint density at radius 3 is 1.62 bits per heavy atom. The number of aliphatic hydroxyl groups is 1. The minimum atomic E-state index is -2.62. The largest absolute Gasteiger partial charge is 0.396 e. The van der Waals surface area contributed by atoms with Crippen molar-refractivity contribution in [2.45, 2.75) is 20.0 Å². The summed E-state index contributed by atoms with van der Waals surface area (Å²) in [6, 6.07) is 0. The molecule has 11 nitrogen and oxygen atoms in total. The van der Waals surface area contributed by atoms with E-state index < -0.39 is 17.2 Å². The molecule has 1 unspecified atom stereocenters. The highest BCUT2D eigenvalue weighted by Gasteiger charge is 2.51. The van der Waals surface area contributed by atoms with Gasteiger partial charge in [0.05, 0.1) is 37.9 Å². The fourth-order valence-electron chi connectivity index (χ4n) is 2.58. The van der Waals surface area contributed by atoms with E-state index in [4.69, 9.17) is 48.3 Å². The summed E-state index contributed by atoms with van der Waals surface area (Å²) in [6.07, 6.45) is -0.112. The molecule has 0 aliphatic carbocycles. The summed E-state index contributed by atoms with van der Waals surface area (Å²) in [4.78, 5) is 43.4. The third-order valence-electron chi connectivity index (χ3n) is 3.33. The van der Waals surface area contributed by atoms with Crippen LogP contribution in [0.2, 0.25) is 0 Å². The molecule has 0 saturated carbocycles. The quantitative estimate of drug-likeness (QED) is 0.277. The van der Waals surface area contributed by atoms with E-state index in [1.165, 1.54) is 0 Å². The van der Waals surface area contributed by atoms with Gasteiger partial charge < -0.3 is 53.4 Å². The van der Waals surface area contributed by atoms with Crippen molar-refractivity contribution >= 4 is 17.2 Å². The molecule has 2 heterocycles. The number of aliphatic hydroxyl groups excluding tert-OH is 1. The normalized spacial score (nSPS) is 23.4. The standard InChI is InChI=1S/C11H20O5.2H3O3P/c1-10(2,3-12)9-11(6-15-8-16-9)4-13-7-14-5-11;2*1-4(2)3/h9,12H,3-8H2,1-2H3;2*1-3H. The van der Waals surface area contributed by atoms with E-state index in [-0.39, 0.29) is 30.3 Å². The predicted molar refractivity (Wildman–Crippen MR) is 82.9 cm³/mol. The van der Waals surface area contributed by atoms with Crippen LogP contribution in [0.3, 0.4) is 0 Å². The Morgan fingerprint density at radius 1 is 0.875 bits per heavy atom. The zero-order valence-corrected chi connectivity index (χ0v) is 15.3. The summed E-state index contributed by atoms with van der Waals surface area (Å²) in [5.41, 5.74) is -0.615. The minimum Gasteiger partial charge on any atom is -0.396 e. The molecule has 0 amide bonds. The van der Waals surface area contributed by atoms with Gasteiger partial charge >= 0.3 is 17.2 Å². The maximum atomic E-state index is 9.46. The van der Waals surface area contributed by atoms with Gasteiger partial charge in [-0.1, -0.05) is 13.8 Å². The second-order valence-electron chi connectivity index (χ2n) is 5.87. The first-order chi connectivity index (χ1) is 11.1. The van der Waals surface area contributed by atoms with Crippen molar-refractivity contribution in [1.29, 1.82) is 0 Å². The predicted octanol–water partition coefficient (Wildman–Crippen LogP) is -1.25. The molecule has 2 saturated heterocycles. The molecule has 0 aromatic carbocycles. The molecular weight excluding hydrogens is 370 g/mol. The van der Waals surface area contributed by atoms with E-state index >= 15 is 0 Å². The van der Waals surface area contributed by atoms with E-state index in [2.05, 4.69) is 0 Å². The highest BCUT2D eigenvalue weighted by molar-refractivity contribution is 7.38. The van der Waals surface area contributed by atoms with Gasteiger partial charge in [0.15, 0.2) is 0 Å². The number of hydrogen-bond acceptors (Lipinski definition) is 11. The topological polar surface area (TPSA) is 179 Å². The van der Waals surface area contributed by atoms with Crippen LogP contribution >= 0.6 is 17.2 Å². The van der Waals surface area contributed by atoms with Crippen LogP contribution in [0, 0.1) is 10.8 Å². The van der Waals surface area contributed by atoms with Crippen LogP contribution in [0.5, 0.6) is 0 Å². The average molecular weight is 396 g/mol. The van der Waals surface area contributed by atoms with Crippen LogP contribution in [-0.2, 0) is 18.9 Å². The van der Waals surface area contributed by atoms with E-state index in [0.29, 0.717) is 26.6 Å². The molecule has 1 atom stereocenters. The Balaban J connectivity index is 0.000000558. The molecule has 1 spiro atoms. The van der Waals surface area contributed by atoms with Crippen molar-refractivity contribution in [3.63, 3.8) is 0 Å². The highest BCUT2D eigenvalue weighted by Crippen LogP contribution is 2.41. The maximum Gasteiger partial charge on any atom is 0.324 e. The first kappa shape index (κ1) is 24.4. The fourth-order valence-corrected chi connectivity index (χ4v) is 2.58. The molecule has 7 N–H and O–H groups in total. The Bertz CT molecular complexity index is 303. The van der Waals surface area contributed by atoms with Gasteiger partial charge in [-0.3, -0.25) is 0 Å². The molecule has 0 bridgehead atoms. The zero-order valence-electron chi connectivity index (χ0n) is 13.5. The van der Waals surface area contributed by atoms with Crippen LogP contribution in [-0.4, -0.2) is 80.6 Å². The first-order valence-electron chi connectivity index (χ1n) is 6.76. The lowest BCUT2D eigenvalue weighted by atomic mass is 9.70.